The quantitative estimate of drug-likeness (QED) is 0.622. The molecule has 4 rings (SSSR count). The van der Waals surface area contributed by atoms with E-state index in [1.807, 2.05) is 38.1 Å². The number of hydrogen-bond donors (Lipinski definition) is 1. The second-order valence-corrected chi connectivity index (χ2v) is 7.68. The first-order valence-electron chi connectivity index (χ1n) is 10.3. The zero-order valence-electron chi connectivity index (χ0n) is 17.3. The maximum absolute atomic E-state index is 13.2. The van der Waals surface area contributed by atoms with Crippen LogP contribution in [0.3, 0.4) is 0 Å². The zero-order valence-corrected chi connectivity index (χ0v) is 17.3. The maximum atomic E-state index is 13.2. The first kappa shape index (κ1) is 19.9. The van der Waals surface area contributed by atoms with E-state index in [0.717, 1.165) is 40.4 Å². The van der Waals surface area contributed by atoms with Crippen LogP contribution in [0.4, 0.5) is 16.2 Å². The van der Waals surface area contributed by atoms with Crippen molar-refractivity contribution in [2.75, 3.05) is 22.9 Å². The molecular weight excluding hydrogens is 378 g/mol. The average molecular weight is 403 g/mol. The monoisotopic (exact) mass is 403 g/mol. The fourth-order valence-corrected chi connectivity index (χ4v) is 4.05. The van der Waals surface area contributed by atoms with Gasteiger partial charge in [0.2, 0.25) is 0 Å². The van der Waals surface area contributed by atoms with Crippen molar-refractivity contribution in [3.05, 3.63) is 64.7 Å². The van der Waals surface area contributed by atoms with Crippen LogP contribution in [0.2, 0.25) is 0 Å². The molecule has 4 amide bonds. The second-order valence-electron chi connectivity index (χ2n) is 7.68. The van der Waals surface area contributed by atoms with E-state index in [9.17, 15) is 14.4 Å². The highest BCUT2D eigenvalue weighted by Crippen LogP contribution is 2.28. The Kier molecular flexibility index (Phi) is 5.40. The molecule has 0 unspecified atom stereocenters. The van der Waals surface area contributed by atoms with Gasteiger partial charge in [-0.05, 0) is 67.2 Å². The van der Waals surface area contributed by atoms with E-state index < -0.39 is 17.8 Å². The number of para-hydroxylation sites is 1. The van der Waals surface area contributed by atoms with Crippen LogP contribution in [0.15, 0.2) is 48.0 Å². The molecule has 2 aliphatic rings. The van der Waals surface area contributed by atoms with Crippen LogP contribution in [0.5, 0.6) is 0 Å². The topological polar surface area (TPSA) is 69.7 Å². The van der Waals surface area contributed by atoms with Crippen LogP contribution in [0, 0.1) is 6.92 Å². The summed E-state index contributed by atoms with van der Waals surface area (Å²) in [4.78, 5) is 41.5. The van der Waals surface area contributed by atoms with Gasteiger partial charge in [-0.15, -0.1) is 0 Å². The fraction of sp³-hybridized carbons (Fsp3) is 0.292. The summed E-state index contributed by atoms with van der Waals surface area (Å²) in [5, 5.41) is 2.31. The Bertz CT molecular complexity index is 1050. The summed E-state index contributed by atoms with van der Waals surface area (Å²) in [5.74, 6) is -1.27. The smallest absolute Gasteiger partial charge is 0.335 e. The lowest BCUT2D eigenvalue weighted by Gasteiger charge is -2.28. The van der Waals surface area contributed by atoms with Crippen LogP contribution in [-0.2, 0) is 16.0 Å². The largest absolute Gasteiger partial charge is 0.372 e. The van der Waals surface area contributed by atoms with Crippen molar-refractivity contribution >= 4 is 35.3 Å². The molecule has 2 fully saturated rings. The molecule has 2 aromatic carbocycles. The van der Waals surface area contributed by atoms with Crippen molar-refractivity contribution in [1.29, 1.82) is 0 Å². The summed E-state index contributed by atoms with van der Waals surface area (Å²) in [6.45, 7) is 6.02. The number of urea groups is 1. The SMILES string of the molecule is CCc1ccccc1N1C(=O)NC(=O)/C(=C\c2ccc(N3CCCC3)cc2C)C1=O. The normalized spacial score (nSPS) is 18.3. The summed E-state index contributed by atoms with van der Waals surface area (Å²) in [6.07, 6.45) is 4.64. The molecule has 2 saturated heterocycles. The Hall–Kier alpha value is -3.41. The van der Waals surface area contributed by atoms with Gasteiger partial charge in [0, 0.05) is 18.8 Å². The van der Waals surface area contributed by atoms with Gasteiger partial charge in [0.1, 0.15) is 5.57 Å². The first-order chi connectivity index (χ1) is 14.5. The van der Waals surface area contributed by atoms with Crippen LogP contribution in [0.25, 0.3) is 6.08 Å². The summed E-state index contributed by atoms with van der Waals surface area (Å²) < 4.78 is 0. The minimum atomic E-state index is -0.718. The van der Waals surface area contributed by atoms with Gasteiger partial charge >= 0.3 is 6.03 Å². The Morgan fingerprint density at radius 2 is 1.77 bits per heavy atom. The number of nitrogens with zero attached hydrogens (tertiary/aromatic N) is 2. The highest BCUT2D eigenvalue weighted by atomic mass is 16.2. The van der Waals surface area contributed by atoms with Crippen LogP contribution in [0.1, 0.15) is 36.5 Å². The van der Waals surface area contributed by atoms with Crippen molar-refractivity contribution in [2.24, 2.45) is 0 Å². The molecule has 0 spiro atoms. The standard InChI is InChI=1S/C24H25N3O3/c1-3-17-8-4-5-9-21(17)27-23(29)20(22(28)25-24(27)30)15-18-10-11-19(14-16(18)2)26-12-6-7-13-26/h4-5,8-11,14-15H,3,6-7,12-13H2,1-2H3,(H,25,28,30)/b20-15+. The predicted octanol–water partition coefficient (Wildman–Crippen LogP) is 3.82. The summed E-state index contributed by atoms with van der Waals surface area (Å²) in [5.41, 5.74) is 4.24. The maximum Gasteiger partial charge on any atom is 0.335 e. The van der Waals surface area contributed by atoms with E-state index in [0.29, 0.717) is 12.1 Å². The van der Waals surface area contributed by atoms with Gasteiger partial charge in [-0.1, -0.05) is 31.2 Å². The molecule has 1 N–H and O–H groups in total. The Morgan fingerprint density at radius 1 is 1.03 bits per heavy atom. The van der Waals surface area contributed by atoms with E-state index in [1.54, 1.807) is 18.2 Å². The molecule has 0 saturated carbocycles. The van der Waals surface area contributed by atoms with E-state index >= 15 is 0 Å². The number of benzene rings is 2. The molecule has 2 heterocycles. The lowest BCUT2D eigenvalue weighted by Crippen LogP contribution is -2.54. The molecular formula is C24H25N3O3. The van der Waals surface area contributed by atoms with Crippen molar-refractivity contribution < 1.29 is 14.4 Å². The molecule has 6 nitrogen and oxygen atoms in total. The molecule has 6 heteroatoms. The Labute approximate surface area is 176 Å². The van der Waals surface area contributed by atoms with Crippen molar-refractivity contribution in [2.45, 2.75) is 33.1 Å². The number of anilines is 2. The number of hydrogen-bond acceptors (Lipinski definition) is 4. The number of amides is 4. The van der Waals surface area contributed by atoms with Crippen molar-refractivity contribution in [3.63, 3.8) is 0 Å². The van der Waals surface area contributed by atoms with Crippen LogP contribution in [-0.4, -0.2) is 30.9 Å². The van der Waals surface area contributed by atoms with Gasteiger partial charge in [-0.25, -0.2) is 9.69 Å². The average Bonchev–Trinajstić information content (AvgIpc) is 3.27. The third-order valence-electron chi connectivity index (χ3n) is 5.74. The summed E-state index contributed by atoms with van der Waals surface area (Å²) >= 11 is 0. The number of nitrogens with one attached hydrogen (secondary N) is 1. The number of aryl methyl sites for hydroxylation is 2. The van der Waals surface area contributed by atoms with Gasteiger partial charge in [-0.3, -0.25) is 14.9 Å². The van der Waals surface area contributed by atoms with E-state index in [2.05, 4.69) is 16.3 Å². The number of carbonyl (C=O) groups excluding carboxylic acids is 3. The van der Waals surface area contributed by atoms with E-state index in [4.69, 9.17) is 0 Å². The lowest BCUT2D eigenvalue weighted by molar-refractivity contribution is -0.122. The fourth-order valence-electron chi connectivity index (χ4n) is 4.05. The minimum Gasteiger partial charge on any atom is -0.372 e. The van der Waals surface area contributed by atoms with Crippen molar-refractivity contribution in [1.82, 2.24) is 5.32 Å². The first-order valence-corrected chi connectivity index (χ1v) is 10.3. The van der Waals surface area contributed by atoms with E-state index in [-0.39, 0.29) is 5.57 Å². The van der Waals surface area contributed by atoms with Crippen LogP contribution >= 0.6 is 0 Å². The molecule has 0 radical (unpaired) electrons. The second kappa shape index (κ2) is 8.14. The third-order valence-corrected chi connectivity index (χ3v) is 5.74. The summed E-state index contributed by atoms with van der Waals surface area (Å²) in [7, 11) is 0. The molecule has 2 aromatic rings. The van der Waals surface area contributed by atoms with Gasteiger partial charge in [0.05, 0.1) is 5.69 Å². The van der Waals surface area contributed by atoms with Gasteiger partial charge < -0.3 is 4.90 Å². The molecule has 0 atom stereocenters. The Morgan fingerprint density at radius 3 is 2.47 bits per heavy atom. The van der Waals surface area contributed by atoms with Gasteiger partial charge in [-0.2, -0.15) is 0 Å². The molecule has 0 aromatic heterocycles. The molecule has 30 heavy (non-hydrogen) atoms. The number of imide groups is 2. The molecule has 2 aliphatic heterocycles. The molecule has 0 bridgehead atoms. The minimum absolute atomic E-state index is 0.0440. The number of rotatable bonds is 4. The molecule has 0 aliphatic carbocycles. The molecule has 154 valence electrons. The number of barbiturate groups is 1. The highest BCUT2D eigenvalue weighted by Gasteiger charge is 2.37. The predicted molar refractivity (Wildman–Crippen MR) is 117 cm³/mol. The van der Waals surface area contributed by atoms with Gasteiger partial charge in [0.25, 0.3) is 11.8 Å². The zero-order chi connectivity index (χ0) is 21.3. The van der Waals surface area contributed by atoms with Gasteiger partial charge in [0.15, 0.2) is 0 Å². The number of carbonyl (C=O) groups is 3. The van der Waals surface area contributed by atoms with E-state index in [1.165, 1.54) is 12.8 Å². The Balaban J connectivity index is 1.69. The van der Waals surface area contributed by atoms with Crippen molar-refractivity contribution in [3.8, 4) is 0 Å². The third kappa shape index (κ3) is 3.61. The van der Waals surface area contributed by atoms with Crippen LogP contribution < -0.4 is 15.1 Å². The highest BCUT2D eigenvalue weighted by molar-refractivity contribution is 6.39. The summed E-state index contributed by atoms with van der Waals surface area (Å²) in [6, 6.07) is 12.5. The lowest BCUT2D eigenvalue weighted by atomic mass is 10.0.